The molecule has 0 saturated heterocycles. The molecule has 1 amide bonds. The Morgan fingerprint density at radius 1 is 1.31 bits per heavy atom. The summed E-state index contributed by atoms with van der Waals surface area (Å²) in [5, 5.41) is 10.2. The first-order valence-electron chi connectivity index (χ1n) is 8.17. The van der Waals surface area contributed by atoms with Gasteiger partial charge in [-0.15, -0.1) is 11.3 Å². The van der Waals surface area contributed by atoms with Crippen molar-refractivity contribution in [2.45, 2.75) is 19.1 Å². The number of carboxylic acid groups (broad SMARTS) is 1. The second kappa shape index (κ2) is 7.60. The molecule has 2 aromatic carbocycles. The standard InChI is InChI=1S/C18H10Cl3FN2O4S/c19-7-4-9-17(15(21)14(7)20)29-12(23-9)6-24-16-8(22)2-1-3-10(16)28-11(18(24)27)5-13(25)26/h1-4,11H,5-6H2,(H,25,26). The average Bonchev–Trinajstić information content (AvgIpc) is 3.05. The van der Waals surface area contributed by atoms with Crippen LogP contribution in [0, 0.1) is 5.82 Å². The Bertz CT molecular complexity index is 1170. The number of halogens is 4. The summed E-state index contributed by atoms with van der Waals surface area (Å²) in [5.74, 6) is -2.47. The molecule has 1 aliphatic heterocycles. The maximum Gasteiger partial charge on any atom is 0.307 e. The van der Waals surface area contributed by atoms with Crippen molar-refractivity contribution in [3.8, 4) is 5.75 Å². The number of rotatable bonds is 4. The SMILES string of the molecule is O=C(O)CC1Oc2cccc(F)c2N(Cc2nc3cc(Cl)c(Cl)c(Cl)c3s2)C1=O. The summed E-state index contributed by atoms with van der Waals surface area (Å²) >= 11 is 19.5. The number of carboxylic acids is 1. The van der Waals surface area contributed by atoms with Gasteiger partial charge in [0.2, 0.25) is 0 Å². The maximum atomic E-state index is 14.5. The van der Waals surface area contributed by atoms with Crippen molar-refractivity contribution in [3.63, 3.8) is 0 Å². The third-order valence-electron chi connectivity index (χ3n) is 4.25. The fourth-order valence-corrected chi connectivity index (χ4v) is 4.75. The van der Waals surface area contributed by atoms with E-state index < -0.39 is 30.2 Å². The monoisotopic (exact) mass is 474 g/mol. The van der Waals surface area contributed by atoms with Crippen LogP contribution in [0.15, 0.2) is 24.3 Å². The first-order valence-corrected chi connectivity index (χ1v) is 10.1. The molecule has 1 atom stereocenters. The predicted octanol–water partition coefficient (Wildman–Crippen LogP) is 5.16. The summed E-state index contributed by atoms with van der Waals surface area (Å²) in [6.45, 7) is -0.100. The highest BCUT2D eigenvalue weighted by atomic mass is 35.5. The number of amides is 1. The minimum Gasteiger partial charge on any atom is -0.481 e. The van der Waals surface area contributed by atoms with E-state index in [4.69, 9.17) is 44.6 Å². The van der Waals surface area contributed by atoms with Crippen LogP contribution in [-0.4, -0.2) is 28.1 Å². The van der Waals surface area contributed by atoms with Gasteiger partial charge >= 0.3 is 5.97 Å². The molecule has 0 bridgehead atoms. The second-order valence-electron chi connectivity index (χ2n) is 6.16. The molecule has 2 heterocycles. The van der Waals surface area contributed by atoms with E-state index in [1.807, 2.05) is 0 Å². The van der Waals surface area contributed by atoms with Gasteiger partial charge in [-0.1, -0.05) is 40.9 Å². The number of thiazole rings is 1. The van der Waals surface area contributed by atoms with Crippen molar-refractivity contribution >= 4 is 73.9 Å². The zero-order chi connectivity index (χ0) is 20.9. The number of carbonyl (C=O) groups excluding carboxylic acids is 1. The molecule has 150 valence electrons. The van der Waals surface area contributed by atoms with Crippen molar-refractivity contribution < 1.29 is 23.8 Å². The lowest BCUT2D eigenvalue weighted by atomic mass is 10.1. The Morgan fingerprint density at radius 3 is 2.79 bits per heavy atom. The molecule has 4 rings (SSSR count). The van der Waals surface area contributed by atoms with Gasteiger partial charge in [0.05, 0.1) is 38.3 Å². The largest absolute Gasteiger partial charge is 0.481 e. The number of para-hydroxylation sites is 1. The van der Waals surface area contributed by atoms with Gasteiger partial charge in [0, 0.05) is 0 Å². The van der Waals surface area contributed by atoms with Crippen molar-refractivity contribution in [2.75, 3.05) is 4.90 Å². The summed E-state index contributed by atoms with van der Waals surface area (Å²) in [7, 11) is 0. The molecule has 29 heavy (non-hydrogen) atoms. The van der Waals surface area contributed by atoms with Gasteiger partial charge in [-0.05, 0) is 18.2 Å². The summed E-state index contributed by atoms with van der Waals surface area (Å²) in [6.07, 6.45) is -1.83. The van der Waals surface area contributed by atoms with E-state index in [9.17, 15) is 14.0 Å². The van der Waals surface area contributed by atoms with Crippen LogP contribution in [0.3, 0.4) is 0 Å². The van der Waals surface area contributed by atoms with Crippen LogP contribution in [0.2, 0.25) is 15.1 Å². The lowest BCUT2D eigenvalue weighted by molar-refractivity contribution is -0.142. The predicted molar refractivity (Wildman–Crippen MR) is 109 cm³/mol. The van der Waals surface area contributed by atoms with Crippen molar-refractivity contribution in [1.82, 2.24) is 4.98 Å². The summed E-state index contributed by atoms with van der Waals surface area (Å²) in [6, 6.07) is 5.63. The Balaban J connectivity index is 1.77. The molecule has 11 heteroatoms. The molecular formula is C18H10Cl3FN2O4S. The van der Waals surface area contributed by atoms with Gasteiger partial charge in [0.15, 0.2) is 11.9 Å². The number of aromatic nitrogens is 1. The van der Waals surface area contributed by atoms with E-state index in [-0.39, 0.29) is 33.0 Å². The Labute approximate surface area is 182 Å². The normalized spacial score (nSPS) is 16.1. The van der Waals surface area contributed by atoms with E-state index in [0.717, 1.165) is 4.90 Å². The highest BCUT2D eigenvalue weighted by molar-refractivity contribution is 7.19. The van der Waals surface area contributed by atoms with Crippen LogP contribution >= 0.6 is 46.1 Å². The zero-order valence-corrected chi connectivity index (χ0v) is 17.4. The number of anilines is 1. The van der Waals surface area contributed by atoms with E-state index in [2.05, 4.69) is 4.98 Å². The molecule has 0 aliphatic carbocycles. The highest BCUT2D eigenvalue weighted by Crippen LogP contribution is 2.41. The fraction of sp³-hybridized carbons (Fsp3) is 0.167. The minimum atomic E-state index is -1.27. The molecular weight excluding hydrogens is 466 g/mol. The number of aliphatic carboxylic acids is 1. The van der Waals surface area contributed by atoms with E-state index >= 15 is 0 Å². The first-order chi connectivity index (χ1) is 13.8. The van der Waals surface area contributed by atoms with Crippen LogP contribution < -0.4 is 9.64 Å². The Hall–Kier alpha value is -2.13. The average molecular weight is 476 g/mol. The number of hydrogen-bond donors (Lipinski definition) is 1. The molecule has 3 aromatic rings. The molecule has 0 saturated carbocycles. The number of fused-ring (bicyclic) bond motifs is 2. The van der Waals surface area contributed by atoms with Gasteiger partial charge in [-0.25, -0.2) is 9.37 Å². The van der Waals surface area contributed by atoms with Gasteiger partial charge in [-0.2, -0.15) is 0 Å². The topological polar surface area (TPSA) is 79.7 Å². The zero-order valence-electron chi connectivity index (χ0n) is 14.3. The number of carbonyl (C=O) groups is 2. The van der Waals surface area contributed by atoms with Gasteiger partial charge in [-0.3, -0.25) is 14.5 Å². The first kappa shape index (κ1) is 20.2. The molecule has 1 unspecified atom stereocenters. The van der Waals surface area contributed by atoms with Gasteiger partial charge < -0.3 is 9.84 Å². The molecule has 0 spiro atoms. The van der Waals surface area contributed by atoms with Crippen LogP contribution in [0.4, 0.5) is 10.1 Å². The quantitative estimate of drug-likeness (QED) is 0.527. The second-order valence-corrected chi connectivity index (χ2v) is 8.40. The Kier molecular flexibility index (Phi) is 5.29. The van der Waals surface area contributed by atoms with Crippen molar-refractivity contribution in [1.29, 1.82) is 0 Å². The van der Waals surface area contributed by atoms with Crippen LogP contribution in [0.25, 0.3) is 10.2 Å². The van der Waals surface area contributed by atoms with Gasteiger partial charge in [0.1, 0.15) is 16.4 Å². The molecule has 1 aliphatic rings. The molecule has 0 radical (unpaired) electrons. The van der Waals surface area contributed by atoms with Gasteiger partial charge in [0.25, 0.3) is 5.91 Å². The lowest BCUT2D eigenvalue weighted by Gasteiger charge is -2.33. The van der Waals surface area contributed by atoms with E-state index in [0.29, 0.717) is 15.2 Å². The van der Waals surface area contributed by atoms with E-state index in [1.54, 1.807) is 6.07 Å². The van der Waals surface area contributed by atoms with Crippen LogP contribution in [-0.2, 0) is 16.1 Å². The smallest absolute Gasteiger partial charge is 0.307 e. The third-order valence-corrected chi connectivity index (χ3v) is 6.69. The summed E-state index contributed by atoms with van der Waals surface area (Å²) < 4.78 is 20.5. The van der Waals surface area contributed by atoms with Crippen molar-refractivity contribution in [3.05, 3.63) is 50.2 Å². The molecule has 1 aromatic heterocycles. The number of benzene rings is 2. The highest BCUT2D eigenvalue weighted by Gasteiger charge is 2.38. The van der Waals surface area contributed by atoms with Crippen LogP contribution in [0.1, 0.15) is 11.4 Å². The molecule has 0 fully saturated rings. The Morgan fingerprint density at radius 2 is 2.07 bits per heavy atom. The number of hydrogen-bond acceptors (Lipinski definition) is 5. The summed E-state index contributed by atoms with van der Waals surface area (Å²) in [5.41, 5.74) is 0.418. The number of nitrogens with zero attached hydrogens (tertiary/aromatic N) is 2. The number of ether oxygens (including phenoxy) is 1. The molecule has 6 nitrogen and oxygen atoms in total. The minimum absolute atomic E-state index is 0.0689. The van der Waals surface area contributed by atoms with Crippen LogP contribution in [0.5, 0.6) is 5.75 Å². The van der Waals surface area contributed by atoms with E-state index in [1.165, 1.54) is 29.5 Å². The fourth-order valence-electron chi connectivity index (χ4n) is 3.01. The third kappa shape index (κ3) is 3.61. The lowest BCUT2D eigenvalue weighted by Crippen LogP contribution is -2.46. The summed E-state index contributed by atoms with van der Waals surface area (Å²) in [4.78, 5) is 29.5. The van der Waals surface area contributed by atoms with Crippen molar-refractivity contribution in [2.24, 2.45) is 0 Å². The molecule has 1 N–H and O–H groups in total. The maximum absolute atomic E-state index is 14.5.